The van der Waals surface area contributed by atoms with Gasteiger partial charge < -0.3 is 4.52 Å². The topological polar surface area (TPSA) is 105 Å². The van der Waals surface area contributed by atoms with E-state index in [1.165, 1.54) is 27.7 Å². The van der Waals surface area contributed by atoms with Crippen LogP contribution in [-0.2, 0) is 13.1 Å². The second-order valence-electron chi connectivity index (χ2n) is 6.72. The Morgan fingerprint density at radius 2 is 1.97 bits per heavy atom. The summed E-state index contributed by atoms with van der Waals surface area (Å²) in [4.78, 5) is 21.4. The number of aromatic nitrogens is 7. The molecule has 9 nitrogen and oxygen atoms in total. The zero-order valence-electron chi connectivity index (χ0n) is 15.8. The molecule has 3 aromatic heterocycles. The van der Waals surface area contributed by atoms with Crippen LogP contribution in [0.3, 0.4) is 0 Å². The number of nitrogens with zero attached hydrogens (tertiary/aromatic N) is 7. The lowest BCUT2D eigenvalue weighted by atomic mass is 10.2. The summed E-state index contributed by atoms with van der Waals surface area (Å²) in [5.41, 5.74) is 1.28. The zero-order valence-corrected chi connectivity index (χ0v) is 16.6. The van der Waals surface area contributed by atoms with Gasteiger partial charge >= 0.3 is 0 Å². The molecular weight excluding hydrogens is 425 g/mol. The number of hydrogen-bond acceptors (Lipinski definition) is 7. The molecule has 0 unspecified atom stereocenters. The molecule has 0 saturated heterocycles. The highest BCUT2D eigenvalue weighted by molar-refractivity contribution is 6.33. The summed E-state index contributed by atoms with van der Waals surface area (Å²) >= 11 is 6.16. The number of benzene rings is 2. The van der Waals surface area contributed by atoms with E-state index in [2.05, 4.69) is 25.4 Å². The third-order valence-electron chi connectivity index (χ3n) is 4.60. The van der Waals surface area contributed by atoms with Crippen molar-refractivity contribution in [2.75, 3.05) is 0 Å². The van der Waals surface area contributed by atoms with Gasteiger partial charge in [-0.05, 0) is 29.8 Å². The van der Waals surface area contributed by atoms with Crippen molar-refractivity contribution in [1.82, 2.24) is 34.7 Å². The van der Waals surface area contributed by atoms with Crippen molar-refractivity contribution in [3.05, 3.63) is 87.5 Å². The maximum absolute atomic E-state index is 13.4. The summed E-state index contributed by atoms with van der Waals surface area (Å²) < 4.78 is 21.4. The first-order valence-corrected chi connectivity index (χ1v) is 9.57. The molecule has 154 valence electrons. The van der Waals surface area contributed by atoms with E-state index in [-0.39, 0.29) is 30.3 Å². The maximum Gasteiger partial charge on any atom is 0.283 e. The first-order valence-electron chi connectivity index (χ1n) is 9.19. The smallest absolute Gasteiger partial charge is 0.283 e. The molecule has 3 heterocycles. The quantitative estimate of drug-likeness (QED) is 0.416. The van der Waals surface area contributed by atoms with Gasteiger partial charge in [0.25, 0.3) is 5.56 Å². The van der Waals surface area contributed by atoms with E-state index in [0.29, 0.717) is 27.6 Å². The van der Waals surface area contributed by atoms with Gasteiger partial charge in [0.2, 0.25) is 11.7 Å². The highest BCUT2D eigenvalue weighted by atomic mass is 35.5. The van der Waals surface area contributed by atoms with E-state index in [0.717, 1.165) is 0 Å². The van der Waals surface area contributed by atoms with Crippen molar-refractivity contribution < 1.29 is 8.91 Å². The third kappa shape index (κ3) is 3.68. The van der Waals surface area contributed by atoms with Gasteiger partial charge in [-0.25, -0.2) is 14.1 Å². The lowest BCUT2D eigenvalue weighted by Crippen LogP contribution is -2.21. The molecule has 0 aliphatic rings. The van der Waals surface area contributed by atoms with Gasteiger partial charge in [0.15, 0.2) is 11.2 Å². The summed E-state index contributed by atoms with van der Waals surface area (Å²) in [5, 5.41) is 12.3. The van der Waals surface area contributed by atoms with Gasteiger partial charge in [-0.2, -0.15) is 4.98 Å². The van der Waals surface area contributed by atoms with Crippen LogP contribution in [0.15, 0.2) is 64.2 Å². The van der Waals surface area contributed by atoms with Crippen molar-refractivity contribution in [2.45, 2.75) is 13.1 Å². The monoisotopic (exact) mass is 437 g/mol. The first kappa shape index (κ1) is 19.1. The predicted molar refractivity (Wildman–Crippen MR) is 109 cm³/mol. The van der Waals surface area contributed by atoms with Crippen molar-refractivity contribution in [1.29, 1.82) is 0 Å². The molecule has 5 rings (SSSR count). The Labute approximate surface area is 178 Å². The van der Waals surface area contributed by atoms with E-state index in [9.17, 15) is 9.18 Å². The Bertz CT molecular complexity index is 1460. The first-order chi connectivity index (χ1) is 15.1. The average molecular weight is 438 g/mol. The Balaban J connectivity index is 1.42. The fraction of sp³-hybridized carbons (Fsp3) is 0.100. The fourth-order valence-electron chi connectivity index (χ4n) is 3.13. The lowest BCUT2D eigenvalue weighted by Gasteiger charge is -2.03. The molecule has 0 bridgehead atoms. The number of fused-ring (bicyclic) bond motifs is 1. The highest BCUT2D eigenvalue weighted by Crippen LogP contribution is 2.24. The van der Waals surface area contributed by atoms with Gasteiger partial charge in [-0.15, -0.1) is 5.10 Å². The summed E-state index contributed by atoms with van der Waals surface area (Å²) in [7, 11) is 0. The molecule has 0 spiro atoms. The molecule has 0 fully saturated rings. The molecule has 5 aromatic rings. The van der Waals surface area contributed by atoms with E-state index in [1.54, 1.807) is 30.3 Å². The second kappa shape index (κ2) is 7.73. The number of halogens is 2. The van der Waals surface area contributed by atoms with Crippen LogP contribution in [0.1, 0.15) is 11.5 Å². The molecule has 0 aliphatic heterocycles. The number of hydrogen-bond donors (Lipinski definition) is 0. The summed E-state index contributed by atoms with van der Waals surface area (Å²) in [6.45, 7) is 0.242. The molecule has 0 saturated carbocycles. The minimum absolute atomic E-state index is 0.00990. The Hall–Kier alpha value is -3.92. The minimum atomic E-state index is -0.409. The van der Waals surface area contributed by atoms with Crippen LogP contribution in [0, 0.1) is 5.82 Å². The van der Waals surface area contributed by atoms with Gasteiger partial charge in [0, 0.05) is 5.56 Å². The van der Waals surface area contributed by atoms with E-state index < -0.39 is 5.56 Å². The summed E-state index contributed by atoms with van der Waals surface area (Å²) in [5.74, 6) is 0.182. The van der Waals surface area contributed by atoms with Crippen molar-refractivity contribution in [3.63, 3.8) is 0 Å². The van der Waals surface area contributed by atoms with Crippen LogP contribution >= 0.6 is 11.6 Å². The lowest BCUT2D eigenvalue weighted by molar-refractivity contribution is 0.369. The van der Waals surface area contributed by atoms with Crippen molar-refractivity contribution in [2.24, 2.45) is 0 Å². The molecule has 0 aliphatic carbocycles. The molecule has 0 radical (unpaired) electrons. The van der Waals surface area contributed by atoms with Crippen LogP contribution in [0.4, 0.5) is 4.39 Å². The molecular formula is C20H13ClFN7O2. The maximum atomic E-state index is 13.4. The Morgan fingerprint density at radius 1 is 1.10 bits per heavy atom. The van der Waals surface area contributed by atoms with Crippen LogP contribution in [-0.4, -0.2) is 34.7 Å². The van der Waals surface area contributed by atoms with Crippen LogP contribution in [0.25, 0.3) is 22.6 Å². The standard InChI is InChI=1S/C20H13ClFN7O2/c21-15-7-2-1-6-14(15)18-24-16(31-26-18)10-28-11-23-19-17(20(28)30)25-27-29(19)9-12-4-3-5-13(22)8-12/h1-8,11H,9-10H2. The fourth-order valence-corrected chi connectivity index (χ4v) is 3.35. The third-order valence-corrected chi connectivity index (χ3v) is 4.93. The normalized spacial score (nSPS) is 11.3. The predicted octanol–water partition coefficient (Wildman–Crippen LogP) is 2.93. The van der Waals surface area contributed by atoms with E-state index in [4.69, 9.17) is 16.1 Å². The average Bonchev–Trinajstić information content (AvgIpc) is 3.38. The molecule has 0 N–H and O–H groups in total. The Kier molecular flexibility index (Phi) is 4.75. The molecule has 2 aromatic carbocycles. The van der Waals surface area contributed by atoms with Gasteiger partial charge in [0.1, 0.15) is 18.7 Å². The summed E-state index contributed by atoms with van der Waals surface area (Å²) in [6, 6.07) is 13.2. The highest BCUT2D eigenvalue weighted by Gasteiger charge is 2.16. The van der Waals surface area contributed by atoms with Gasteiger partial charge in [-0.1, -0.05) is 46.2 Å². The summed E-state index contributed by atoms with van der Waals surface area (Å²) in [6.07, 6.45) is 1.36. The van der Waals surface area contributed by atoms with Crippen molar-refractivity contribution in [3.8, 4) is 11.4 Å². The van der Waals surface area contributed by atoms with Crippen LogP contribution in [0.5, 0.6) is 0 Å². The second-order valence-corrected chi connectivity index (χ2v) is 7.13. The minimum Gasteiger partial charge on any atom is -0.337 e. The molecule has 0 atom stereocenters. The Morgan fingerprint density at radius 3 is 2.81 bits per heavy atom. The molecule has 11 heteroatoms. The van der Waals surface area contributed by atoms with E-state index in [1.807, 2.05) is 6.07 Å². The van der Waals surface area contributed by atoms with Gasteiger partial charge in [-0.3, -0.25) is 9.36 Å². The van der Waals surface area contributed by atoms with E-state index >= 15 is 0 Å². The largest absolute Gasteiger partial charge is 0.337 e. The van der Waals surface area contributed by atoms with Gasteiger partial charge in [0.05, 0.1) is 11.6 Å². The van der Waals surface area contributed by atoms with Crippen LogP contribution in [0.2, 0.25) is 5.02 Å². The zero-order chi connectivity index (χ0) is 21.4. The molecule has 0 amide bonds. The number of rotatable bonds is 5. The molecule has 31 heavy (non-hydrogen) atoms. The van der Waals surface area contributed by atoms with Crippen LogP contribution < -0.4 is 5.56 Å². The van der Waals surface area contributed by atoms with Crippen molar-refractivity contribution >= 4 is 22.8 Å². The SMILES string of the molecule is O=c1c2nnn(Cc3cccc(F)c3)c2ncn1Cc1nc(-c2ccccc2Cl)no1.